The standard InChI is InChI=1S/C13H16F3NO3/c1-3-12(18)17-10-8-9(13(14,15)16)4-5-11(10)20-7-6-19-2/h4-5,8H,3,6-7H2,1-2H3,(H,17,18). The Morgan fingerprint density at radius 1 is 1.30 bits per heavy atom. The molecular formula is C13H16F3NO3. The Hall–Kier alpha value is -1.76. The molecule has 0 saturated carbocycles. The third kappa shape index (κ3) is 4.73. The number of anilines is 1. The molecule has 1 N–H and O–H groups in total. The lowest BCUT2D eigenvalue weighted by Crippen LogP contribution is -2.14. The average Bonchev–Trinajstić information content (AvgIpc) is 2.39. The molecule has 112 valence electrons. The van der Waals surface area contributed by atoms with Crippen LogP contribution in [0.2, 0.25) is 0 Å². The number of hydrogen-bond acceptors (Lipinski definition) is 3. The Kier molecular flexibility index (Phi) is 5.82. The first kappa shape index (κ1) is 16.3. The molecule has 0 unspecified atom stereocenters. The van der Waals surface area contributed by atoms with E-state index in [1.54, 1.807) is 6.92 Å². The number of hydrogen-bond donors (Lipinski definition) is 1. The Balaban J connectivity index is 3.00. The number of nitrogens with one attached hydrogen (secondary N) is 1. The van der Waals surface area contributed by atoms with E-state index in [2.05, 4.69) is 5.32 Å². The van der Waals surface area contributed by atoms with Gasteiger partial charge in [0.2, 0.25) is 5.91 Å². The molecule has 0 aromatic heterocycles. The van der Waals surface area contributed by atoms with E-state index >= 15 is 0 Å². The second-order valence-corrected chi connectivity index (χ2v) is 3.95. The summed E-state index contributed by atoms with van der Waals surface area (Å²) in [6.45, 7) is 2.08. The minimum Gasteiger partial charge on any atom is -0.489 e. The topological polar surface area (TPSA) is 47.6 Å². The fraction of sp³-hybridized carbons (Fsp3) is 0.462. The van der Waals surface area contributed by atoms with Crippen LogP contribution in [0.1, 0.15) is 18.9 Å². The first-order valence-electron chi connectivity index (χ1n) is 6.01. The molecule has 0 saturated heterocycles. The molecule has 0 spiro atoms. The van der Waals surface area contributed by atoms with E-state index in [1.807, 2.05) is 0 Å². The van der Waals surface area contributed by atoms with Gasteiger partial charge in [0.25, 0.3) is 0 Å². The molecule has 0 fully saturated rings. The van der Waals surface area contributed by atoms with Gasteiger partial charge in [0.15, 0.2) is 0 Å². The van der Waals surface area contributed by atoms with E-state index in [1.165, 1.54) is 13.2 Å². The predicted octanol–water partition coefficient (Wildman–Crippen LogP) is 3.08. The normalized spacial score (nSPS) is 11.2. The van der Waals surface area contributed by atoms with E-state index in [-0.39, 0.29) is 30.4 Å². The smallest absolute Gasteiger partial charge is 0.416 e. The zero-order valence-electron chi connectivity index (χ0n) is 11.2. The van der Waals surface area contributed by atoms with E-state index in [0.717, 1.165) is 12.1 Å². The molecule has 20 heavy (non-hydrogen) atoms. The van der Waals surface area contributed by atoms with Crippen LogP contribution < -0.4 is 10.1 Å². The fourth-order valence-corrected chi connectivity index (χ4v) is 1.40. The predicted molar refractivity (Wildman–Crippen MR) is 67.7 cm³/mol. The summed E-state index contributed by atoms with van der Waals surface area (Å²) in [7, 11) is 1.48. The minimum absolute atomic E-state index is 0.00257. The second kappa shape index (κ2) is 7.14. The van der Waals surface area contributed by atoms with Crippen LogP contribution >= 0.6 is 0 Å². The van der Waals surface area contributed by atoms with Crippen molar-refractivity contribution in [2.45, 2.75) is 19.5 Å². The van der Waals surface area contributed by atoms with E-state index in [0.29, 0.717) is 6.61 Å². The average molecular weight is 291 g/mol. The highest BCUT2D eigenvalue weighted by Crippen LogP contribution is 2.35. The van der Waals surface area contributed by atoms with Crippen molar-refractivity contribution in [2.75, 3.05) is 25.6 Å². The van der Waals surface area contributed by atoms with E-state index in [9.17, 15) is 18.0 Å². The highest BCUT2D eigenvalue weighted by Gasteiger charge is 2.31. The minimum atomic E-state index is -4.48. The summed E-state index contributed by atoms with van der Waals surface area (Å²) in [4.78, 5) is 11.4. The molecule has 0 aliphatic heterocycles. The lowest BCUT2D eigenvalue weighted by atomic mass is 10.1. The summed E-state index contributed by atoms with van der Waals surface area (Å²) < 4.78 is 48.0. The number of amides is 1. The van der Waals surface area contributed by atoms with Gasteiger partial charge in [-0.3, -0.25) is 4.79 Å². The lowest BCUT2D eigenvalue weighted by Gasteiger charge is -2.15. The van der Waals surface area contributed by atoms with Gasteiger partial charge in [-0.1, -0.05) is 6.92 Å². The quantitative estimate of drug-likeness (QED) is 0.819. The molecule has 0 bridgehead atoms. The van der Waals surface area contributed by atoms with Gasteiger partial charge in [0.05, 0.1) is 17.9 Å². The third-order valence-electron chi connectivity index (χ3n) is 2.45. The summed E-state index contributed by atoms with van der Waals surface area (Å²) in [5.41, 5.74) is -0.842. The number of halogens is 3. The number of alkyl halides is 3. The molecule has 1 rings (SSSR count). The molecule has 0 radical (unpaired) electrons. The Morgan fingerprint density at radius 3 is 2.55 bits per heavy atom. The monoisotopic (exact) mass is 291 g/mol. The number of carbonyl (C=O) groups excluding carboxylic acids is 1. The lowest BCUT2D eigenvalue weighted by molar-refractivity contribution is -0.137. The maximum absolute atomic E-state index is 12.7. The summed E-state index contributed by atoms with van der Waals surface area (Å²) in [6, 6.07) is 2.95. The van der Waals surface area contributed by atoms with Crippen LogP contribution in [-0.2, 0) is 15.7 Å². The maximum atomic E-state index is 12.7. The van der Waals surface area contributed by atoms with E-state index < -0.39 is 11.7 Å². The van der Waals surface area contributed by atoms with Gasteiger partial charge >= 0.3 is 6.18 Å². The Bertz CT molecular complexity index is 461. The van der Waals surface area contributed by atoms with E-state index in [4.69, 9.17) is 9.47 Å². The Morgan fingerprint density at radius 2 is 2.00 bits per heavy atom. The SMILES string of the molecule is CCC(=O)Nc1cc(C(F)(F)F)ccc1OCCOC. The summed E-state index contributed by atoms with van der Waals surface area (Å²) in [5.74, 6) is -0.210. The van der Waals surface area contributed by atoms with Crippen LogP contribution in [-0.4, -0.2) is 26.2 Å². The van der Waals surface area contributed by atoms with Crippen LogP contribution in [0.15, 0.2) is 18.2 Å². The molecule has 1 aromatic rings. The van der Waals surface area contributed by atoms with Gasteiger partial charge < -0.3 is 14.8 Å². The third-order valence-corrected chi connectivity index (χ3v) is 2.45. The maximum Gasteiger partial charge on any atom is 0.416 e. The molecule has 0 atom stereocenters. The van der Waals surface area contributed by atoms with Crippen LogP contribution in [0.5, 0.6) is 5.75 Å². The van der Waals surface area contributed by atoms with Gasteiger partial charge in [0, 0.05) is 13.5 Å². The first-order chi connectivity index (χ1) is 9.38. The van der Waals surface area contributed by atoms with Crippen molar-refractivity contribution in [2.24, 2.45) is 0 Å². The van der Waals surface area contributed by atoms with Gasteiger partial charge in [-0.2, -0.15) is 13.2 Å². The zero-order chi connectivity index (χ0) is 15.2. The molecule has 4 nitrogen and oxygen atoms in total. The van der Waals surface area contributed by atoms with Gasteiger partial charge in [-0.25, -0.2) is 0 Å². The zero-order valence-corrected chi connectivity index (χ0v) is 11.2. The second-order valence-electron chi connectivity index (χ2n) is 3.95. The molecule has 0 heterocycles. The Labute approximate surface area is 114 Å². The summed E-state index contributed by atoms with van der Waals surface area (Å²) >= 11 is 0. The number of carbonyl (C=O) groups is 1. The van der Waals surface area contributed by atoms with Crippen LogP contribution in [0.4, 0.5) is 18.9 Å². The number of rotatable bonds is 6. The van der Waals surface area contributed by atoms with Crippen LogP contribution in [0.25, 0.3) is 0 Å². The number of ether oxygens (including phenoxy) is 2. The van der Waals surface area contributed by atoms with Gasteiger partial charge in [-0.15, -0.1) is 0 Å². The molecular weight excluding hydrogens is 275 g/mol. The molecule has 1 amide bonds. The van der Waals surface area contributed by atoms with Crippen molar-refractivity contribution >= 4 is 11.6 Å². The summed E-state index contributed by atoms with van der Waals surface area (Å²) in [5, 5.41) is 2.39. The molecule has 7 heteroatoms. The number of benzene rings is 1. The number of methoxy groups -OCH3 is 1. The molecule has 1 aromatic carbocycles. The van der Waals surface area contributed by atoms with Crippen LogP contribution in [0, 0.1) is 0 Å². The van der Waals surface area contributed by atoms with Crippen molar-refractivity contribution in [3.8, 4) is 5.75 Å². The summed E-state index contributed by atoms with van der Waals surface area (Å²) in [6.07, 6.45) is -4.31. The fourth-order valence-electron chi connectivity index (χ4n) is 1.40. The largest absolute Gasteiger partial charge is 0.489 e. The van der Waals surface area contributed by atoms with Crippen LogP contribution in [0.3, 0.4) is 0 Å². The highest BCUT2D eigenvalue weighted by atomic mass is 19.4. The van der Waals surface area contributed by atoms with Crippen molar-refractivity contribution < 1.29 is 27.4 Å². The molecule has 0 aliphatic rings. The first-order valence-corrected chi connectivity index (χ1v) is 6.01. The van der Waals surface area contributed by atoms with Gasteiger partial charge in [0.1, 0.15) is 12.4 Å². The molecule has 0 aliphatic carbocycles. The van der Waals surface area contributed by atoms with Gasteiger partial charge in [-0.05, 0) is 18.2 Å². The van der Waals surface area contributed by atoms with Crippen molar-refractivity contribution in [1.29, 1.82) is 0 Å². The van der Waals surface area contributed by atoms with Crippen molar-refractivity contribution in [3.63, 3.8) is 0 Å². The highest BCUT2D eigenvalue weighted by molar-refractivity contribution is 5.92. The van der Waals surface area contributed by atoms with Crippen molar-refractivity contribution in [3.05, 3.63) is 23.8 Å². The van der Waals surface area contributed by atoms with Crippen molar-refractivity contribution in [1.82, 2.24) is 0 Å².